The van der Waals surface area contributed by atoms with E-state index in [1.54, 1.807) is 13.2 Å². The molecule has 4 aliphatic carbocycles. The minimum absolute atomic E-state index is 0.0701. The van der Waals surface area contributed by atoms with Gasteiger partial charge in [-0.05, 0) is 99.2 Å². The molecule has 0 unspecified atom stereocenters. The second kappa shape index (κ2) is 13.9. The number of fused-ring (bicyclic) bond motifs is 5. The van der Waals surface area contributed by atoms with Crippen molar-refractivity contribution in [3.63, 3.8) is 0 Å². The first-order valence-electron chi connectivity index (χ1n) is 19.7. The van der Waals surface area contributed by atoms with Gasteiger partial charge < -0.3 is 28.8 Å². The van der Waals surface area contributed by atoms with Gasteiger partial charge in [0.15, 0.2) is 12.4 Å². The van der Waals surface area contributed by atoms with Gasteiger partial charge in [0, 0.05) is 38.0 Å². The van der Waals surface area contributed by atoms with Crippen LogP contribution in [0.4, 0.5) is 13.2 Å². The topological polar surface area (TPSA) is 101 Å². The van der Waals surface area contributed by atoms with Crippen LogP contribution < -0.4 is 0 Å². The number of benzene rings is 1. The summed E-state index contributed by atoms with van der Waals surface area (Å²) in [5, 5.41) is 11.4. The number of rotatable bonds is 9. The Balaban J connectivity index is 1.27. The largest absolute Gasteiger partial charge is 0.462 e. The number of allylic oxidation sites excluding steroid dienone is 2. The van der Waals surface area contributed by atoms with Crippen LogP contribution in [0.15, 0.2) is 42.0 Å². The number of esters is 2. The van der Waals surface area contributed by atoms with Gasteiger partial charge in [0.25, 0.3) is 5.60 Å². The van der Waals surface area contributed by atoms with Crippen LogP contribution in [0.1, 0.15) is 112 Å². The molecule has 0 radical (unpaired) electrons. The molecule has 12 atom stereocenters. The van der Waals surface area contributed by atoms with Crippen molar-refractivity contribution in [2.24, 2.45) is 45.3 Å². The van der Waals surface area contributed by atoms with Crippen LogP contribution >= 0.6 is 0 Å². The van der Waals surface area contributed by atoms with E-state index in [-0.39, 0.29) is 45.6 Å². The molecule has 8 nitrogen and oxygen atoms in total. The van der Waals surface area contributed by atoms with Gasteiger partial charge in [-0.2, -0.15) is 13.2 Å². The Hall–Kier alpha value is -2.47. The molecule has 6 rings (SSSR count). The number of alkyl halides is 3. The van der Waals surface area contributed by atoms with E-state index in [0.717, 1.165) is 52.1 Å². The van der Waals surface area contributed by atoms with Crippen molar-refractivity contribution in [2.75, 3.05) is 14.2 Å². The molecule has 5 aliphatic rings. The van der Waals surface area contributed by atoms with Gasteiger partial charge in [-0.3, -0.25) is 4.79 Å². The number of ether oxygens (including phenoxy) is 5. The summed E-state index contributed by atoms with van der Waals surface area (Å²) < 4.78 is 73.5. The lowest BCUT2D eigenvalue weighted by Gasteiger charge is -2.64. The van der Waals surface area contributed by atoms with Gasteiger partial charge in [0.05, 0.1) is 5.60 Å². The molecule has 0 aromatic heterocycles. The molecule has 4 fully saturated rings. The van der Waals surface area contributed by atoms with Crippen LogP contribution in [0.2, 0.25) is 0 Å². The standard InChI is InChI=1S/C43H61F3O8/c1-25(47)52-33-20-21-39(6)29-19-23-40(7)28(18-22-41(40,8)30(29)16-17-32(39)37(33,2)3)27-24-31(53-35(27)50-9)34(38(4,5)49)54-36(48)42(51-10,43(44,45)46)26-14-12-11-13-15-26/h11-16,27-29,31-35,49H,17-24H2,1-10H3/t27-,28-,29-,31+,32-,33+,34-,35+,39+,40-,41+,42+/m0/s1. The zero-order valence-electron chi connectivity index (χ0n) is 33.7. The molecule has 11 heteroatoms. The second-order valence-electron chi connectivity index (χ2n) is 18.8. The summed E-state index contributed by atoms with van der Waals surface area (Å²) >= 11 is 0. The van der Waals surface area contributed by atoms with E-state index in [1.807, 2.05) is 0 Å². The van der Waals surface area contributed by atoms with Crippen molar-refractivity contribution in [1.29, 1.82) is 0 Å². The quantitative estimate of drug-likeness (QED) is 0.197. The number of methoxy groups -OCH3 is 2. The van der Waals surface area contributed by atoms with Gasteiger partial charge in [-0.15, -0.1) is 0 Å². The van der Waals surface area contributed by atoms with E-state index < -0.39 is 47.4 Å². The first-order chi connectivity index (χ1) is 25.0. The van der Waals surface area contributed by atoms with Crippen molar-refractivity contribution < 1.29 is 51.6 Å². The molecule has 0 amide bonds. The highest BCUT2D eigenvalue weighted by atomic mass is 19.4. The molecule has 54 heavy (non-hydrogen) atoms. The Kier molecular flexibility index (Phi) is 10.6. The maximum absolute atomic E-state index is 14.8. The minimum Gasteiger partial charge on any atom is -0.462 e. The number of hydrogen-bond donors (Lipinski definition) is 1. The van der Waals surface area contributed by atoms with Crippen LogP contribution in [0.5, 0.6) is 0 Å². The molecule has 0 spiro atoms. The van der Waals surface area contributed by atoms with Crippen molar-refractivity contribution in [1.82, 2.24) is 0 Å². The molecular weight excluding hydrogens is 701 g/mol. The Bertz CT molecular complexity index is 1600. The van der Waals surface area contributed by atoms with Gasteiger partial charge >= 0.3 is 18.1 Å². The second-order valence-corrected chi connectivity index (χ2v) is 18.8. The third-order valence-electron chi connectivity index (χ3n) is 15.5. The van der Waals surface area contributed by atoms with Gasteiger partial charge in [0.1, 0.15) is 12.2 Å². The van der Waals surface area contributed by atoms with E-state index in [0.29, 0.717) is 18.3 Å². The molecule has 1 aliphatic heterocycles. The number of hydrogen-bond acceptors (Lipinski definition) is 8. The molecular formula is C43H61F3O8. The average molecular weight is 763 g/mol. The Morgan fingerprint density at radius 3 is 2.20 bits per heavy atom. The summed E-state index contributed by atoms with van der Waals surface area (Å²) in [6, 6.07) is 6.68. The molecule has 1 aromatic carbocycles. The van der Waals surface area contributed by atoms with Crippen LogP contribution in [-0.4, -0.2) is 67.6 Å². The van der Waals surface area contributed by atoms with Gasteiger partial charge in [-0.1, -0.05) is 76.6 Å². The summed E-state index contributed by atoms with van der Waals surface area (Å²) in [4.78, 5) is 25.8. The van der Waals surface area contributed by atoms with Crippen molar-refractivity contribution in [3.8, 4) is 0 Å². The van der Waals surface area contributed by atoms with Crippen LogP contribution in [0.25, 0.3) is 0 Å². The zero-order valence-corrected chi connectivity index (χ0v) is 33.7. The Morgan fingerprint density at radius 2 is 1.63 bits per heavy atom. The highest BCUT2D eigenvalue weighted by molar-refractivity contribution is 5.83. The predicted molar refractivity (Wildman–Crippen MR) is 196 cm³/mol. The van der Waals surface area contributed by atoms with E-state index in [4.69, 9.17) is 23.7 Å². The smallest absolute Gasteiger partial charge is 0.432 e. The third kappa shape index (κ3) is 6.17. The molecule has 0 bridgehead atoms. The van der Waals surface area contributed by atoms with Crippen LogP contribution in [0.3, 0.4) is 0 Å². The fourth-order valence-electron chi connectivity index (χ4n) is 12.6. The van der Waals surface area contributed by atoms with Crippen LogP contribution in [-0.2, 0) is 38.9 Å². The normalized spacial score (nSPS) is 39.3. The lowest BCUT2D eigenvalue weighted by Crippen LogP contribution is -2.58. The highest BCUT2D eigenvalue weighted by Crippen LogP contribution is 2.74. The number of halogens is 3. The van der Waals surface area contributed by atoms with Crippen molar-refractivity contribution >= 4 is 11.9 Å². The predicted octanol–water partition coefficient (Wildman–Crippen LogP) is 8.69. The highest BCUT2D eigenvalue weighted by Gasteiger charge is 2.68. The minimum atomic E-state index is -5.16. The molecule has 1 heterocycles. The fraction of sp³-hybridized carbons (Fsp3) is 0.767. The Labute approximate surface area is 318 Å². The monoisotopic (exact) mass is 762 g/mol. The van der Waals surface area contributed by atoms with Gasteiger partial charge in [-0.25, -0.2) is 4.79 Å². The summed E-state index contributed by atoms with van der Waals surface area (Å²) in [5.41, 5.74) is -4.37. The lowest BCUT2D eigenvalue weighted by atomic mass is 9.41. The molecule has 3 saturated carbocycles. The molecule has 1 N–H and O–H groups in total. The molecule has 1 saturated heterocycles. The SMILES string of the molecule is CO[C@@H]1O[C@@H]([C@H](OC(=O)[C@](OC)(c2ccccc2)C(F)(F)F)C(C)(C)O)C[C@H]1[C@@H]1CC[C@]2(C)C3=CC[C@H]4C(C)(C)[C@H](OC(C)=O)CC[C@]4(C)[C@H]3CC[C@@]12C. The average Bonchev–Trinajstić information content (AvgIpc) is 3.62. The summed E-state index contributed by atoms with van der Waals surface area (Å²) in [6.45, 7) is 16.1. The Morgan fingerprint density at radius 1 is 0.963 bits per heavy atom. The first kappa shape index (κ1) is 41.2. The maximum atomic E-state index is 14.8. The van der Waals surface area contributed by atoms with Gasteiger partial charge in [0.2, 0.25) is 0 Å². The van der Waals surface area contributed by atoms with Crippen molar-refractivity contribution in [2.45, 2.75) is 149 Å². The fourth-order valence-corrected chi connectivity index (χ4v) is 12.6. The zero-order chi connectivity index (χ0) is 39.9. The van der Waals surface area contributed by atoms with E-state index in [9.17, 15) is 27.9 Å². The number of aliphatic hydroxyl groups is 1. The summed E-state index contributed by atoms with van der Waals surface area (Å²) in [7, 11) is 2.39. The van der Waals surface area contributed by atoms with E-state index in [1.165, 1.54) is 50.6 Å². The molecule has 302 valence electrons. The molecule has 1 aromatic rings. The van der Waals surface area contributed by atoms with Crippen LogP contribution in [0, 0.1) is 45.3 Å². The summed E-state index contributed by atoms with van der Waals surface area (Å²) in [6.07, 6.45) is 1.20. The van der Waals surface area contributed by atoms with Crippen molar-refractivity contribution in [3.05, 3.63) is 47.5 Å². The number of carbonyl (C=O) groups is 2. The maximum Gasteiger partial charge on any atom is 0.432 e. The third-order valence-corrected chi connectivity index (χ3v) is 15.5. The summed E-state index contributed by atoms with van der Waals surface area (Å²) in [5.74, 6) is -1.11. The van der Waals surface area contributed by atoms with E-state index >= 15 is 0 Å². The number of carbonyl (C=O) groups excluding carboxylic acids is 2. The first-order valence-corrected chi connectivity index (χ1v) is 19.7. The lowest BCUT2D eigenvalue weighted by molar-refractivity contribution is -0.284. The van der Waals surface area contributed by atoms with E-state index in [2.05, 4.69) is 40.7 Å².